The van der Waals surface area contributed by atoms with Crippen LogP contribution in [0.1, 0.15) is 58.2 Å². The lowest BCUT2D eigenvalue weighted by molar-refractivity contribution is -0.124. The fraction of sp³-hybridized carbons (Fsp3) is 0.667. The van der Waals surface area contributed by atoms with Crippen LogP contribution in [-0.2, 0) is 4.79 Å². The SMILES string of the molecule is Cc1cc(NC(=O)C2CC(C)(C)CC(C)(C)C2)cnc1C. The minimum atomic E-state index is 0.0883. The van der Waals surface area contributed by atoms with E-state index < -0.39 is 0 Å². The van der Waals surface area contributed by atoms with Crippen LogP contribution in [-0.4, -0.2) is 10.9 Å². The van der Waals surface area contributed by atoms with E-state index in [4.69, 9.17) is 0 Å². The Balaban J connectivity index is 2.10. The molecule has 1 fully saturated rings. The van der Waals surface area contributed by atoms with E-state index in [9.17, 15) is 4.79 Å². The number of hydrogen-bond acceptors (Lipinski definition) is 2. The van der Waals surface area contributed by atoms with E-state index in [0.717, 1.165) is 29.8 Å². The number of rotatable bonds is 2. The van der Waals surface area contributed by atoms with Crippen molar-refractivity contribution in [3.05, 3.63) is 23.5 Å². The Kier molecular flexibility index (Phi) is 4.14. The first-order valence-electron chi connectivity index (χ1n) is 7.82. The fourth-order valence-electron chi connectivity index (χ4n) is 3.99. The molecule has 1 N–H and O–H groups in total. The number of amides is 1. The zero-order valence-electron chi connectivity index (χ0n) is 14.2. The Bertz CT molecular complexity index is 530. The Morgan fingerprint density at radius 2 is 1.76 bits per heavy atom. The molecule has 21 heavy (non-hydrogen) atoms. The molecule has 0 aliphatic heterocycles. The second-order valence-corrected chi connectivity index (χ2v) is 8.23. The van der Waals surface area contributed by atoms with Crippen LogP contribution in [0, 0.1) is 30.6 Å². The minimum absolute atomic E-state index is 0.0883. The highest BCUT2D eigenvalue weighted by Crippen LogP contribution is 2.48. The molecule has 3 nitrogen and oxygen atoms in total. The summed E-state index contributed by atoms with van der Waals surface area (Å²) >= 11 is 0. The largest absolute Gasteiger partial charge is 0.324 e. The smallest absolute Gasteiger partial charge is 0.227 e. The van der Waals surface area contributed by atoms with E-state index >= 15 is 0 Å². The predicted octanol–water partition coefficient (Wildman–Crippen LogP) is 4.49. The number of nitrogens with one attached hydrogen (secondary N) is 1. The van der Waals surface area contributed by atoms with Gasteiger partial charge in [0.05, 0.1) is 11.9 Å². The van der Waals surface area contributed by atoms with Gasteiger partial charge in [0.15, 0.2) is 0 Å². The monoisotopic (exact) mass is 288 g/mol. The van der Waals surface area contributed by atoms with Gasteiger partial charge >= 0.3 is 0 Å². The number of carbonyl (C=O) groups excluding carboxylic acids is 1. The molecule has 1 amide bonds. The number of nitrogens with zero attached hydrogens (tertiary/aromatic N) is 1. The highest BCUT2D eigenvalue weighted by molar-refractivity contribution is 5.92. The summed E-state index contributed by atoms with van der Waals surface area (Å²) in [4.78, 5) is 16.9. The van der Waals surface area contributed by atoms with Gasteiger partial charge in [-0.25, -0.2) is 0 Å². The summed E-state index contributed by atoms with van der Waals surface area (Å²) in [5.41, 5.74) is 3.38. The van der Waals surface area contributed by atoms with Crippen LogP contribution in [0.4, 0.5) is 5.69 Å². The van der Waals surface area contributed by atoms with Gasteiger partial charge in [0.2, 0.25) is 5.91 Å². The lowest BCUT2D eigenvalue weighted by atomic mass is 9.61. The maximum Gasteiger partial charge on any atom is 0.227 e. The van der Waals surface area contributed by atoms with E-state index in [1.54, 1.807) is 6.20 Å². The van der Waals surface area contributed by atoms with Gasteiger partial charge in [0.25, 0.3) is 0 Å². The lowest BCUT2D eigenvalue weighted by Crippen LogP contribution is -2.39. The first-order valence-corrected chi connectivity index (χ1v) is 7.82. The number of carbonyl (C=O) groups is 1. The standard InChI is InChI=1S/C18H28N2O/c1-12-7-15(10-19-13(12)2)20-16(21)14-8-17(3,4)11-18(5,6)9-14/h7,10,14H,8-9,11H2,1-6H3,(H,20,21). The van der Waals surface area contributed by atoms with Crippen molar-refractivity contribution < 1.29 is 4.79 Å². The first-order chi connectivity index (χ1) is 9.58. The fourth-order valence-corrected chi connectivity index (χ4v) is 3.99. The van der Waals surface area contributed by atoms with Gasteiger partial charge in [-0.15, -0.1) is 0 Å². The van der Waals surface area contributed by atoms with Crippen LogP contribution in [0.25, 0.3) is 0 Å². The molecule has 3 heteroatoms. The van der Waals surface area contributed by atoms with Crippen molar-refractivity contribution in [1.82, 2.24) is 4.98 Å². The van der Waals surface area contributed by atoms with Gasteiger partial charge in [-0.3, -0.25) is 9.78 Å². The molecule has 1 saturated carbocycles. The van der Waals surface area contributed by atoms with E-state index in [1.807, 2.05) is 19.9 Å². The lowest BCUT2D eigenvalue weighted by Gasteiger charge is -2.44. The van der Waals surface area contributed by atoms with E-state index in [-0.39, 0.29) is 22.7 Å². The third-order valence-electron chi connectivity index (χ3n) is 4.53. The van der Waals surface area contributed by atoms with Gasteiger partial charge in [-0.05, 0) is 55.6 Å². The molecular weight excluding hydrogens is 260 g/mol. The van der Waals surface area contributed by atoms with Crippen molar-refractivity contribution in [2.24, 2.45) is 16.7 Å². The number of pyridine rings is 1. The summed E-state index contributed by atoms with van der Waals surface area (Å²) in [6, 6.07) is 2.00. The summed E-state index contributed by atoms with van der Waals surface area (Å²) in [5, 5.41) is 3.05. The van der Waals surface area contributed by atoms with Crippen molar-refractivity contribution in [1.29, 1.82) is 0 Å². The Labute approximate surface area is 128 Å². The van der Waals surface area contributed by atoms with Gasteiger partial charge in [0, 0.05) is 11.6 Å². The van der Waals surface area contributed by atoms with Gasteiger partial charge < -0.3 is 5.32 Å². The number of aryl methyl sites for hydroxylation is 2. The quantitative estimate of drug-likeness (QED) is 0.871. The number of aromatic nitrogens is 1. The maximum atomic E-state index is 12.6. The average Bonchev–Trinajstić information content (AvgIpc) is 2.30. The third-order valence-corrected chi connectivity index (χ3v) is 4.53. The molecule has 1 aromatic heterocycles. The zero-order chi connectivity index (χ0) is 15.8. The Morgan fingerprint density at radius 1 is 1.19 bits per heavy atom. The molecular formula is C18H28N2O. The van der Waals surface area contributed by atoms with E-state index in [2.05, 4.69) is 38.0 Å². The van der Waals surface area contributed by atoms with Crippen LogP contribution in [0.3, 0.4) is 0 Å². The van der Waals surface area contributed by atoms with Gasteiger partial charge in [-0.2, -0.15) is 0 Å². The van der Waals surface area contributed by atoms with Crippen molar-refractivity contribution >= 4 is 11.6 Å². The second kappa shape index (κ2) is 5.43. The highest BCUT2D eigenvalue weighted by Gasteiger charge is 2.41. The molecule has 1 heterocycles. The van der Waals surface area contributed by atoms with Crippen LogP contribution in [0.15, 0.2) is 12.3 Å². The normalized spacial score (nSPS) is 21.0. The highest BCUT2D eigenvalue weighted by atomic mass is 16.1. The summed E-state index contributed by atoms with van der Waals surface area (Å²) < 4.78 is 0. The molecule has 0 unspecified atom stereocenters. The maximum absolute atomic E-state index is 12.6. The van der Waals surface area contributed by atoms with Crippen molar-refractivity contribution in [2.45, 2.75) is 60.8 Å². The Hall–Kier alpha value is -1.38. The van der Waals surface area contributed by atoms with E-state index in [1.165, 1.54) is 6.42 Å². The minimum Gasteiger partial charge on any atom is -0.324 e. The number of hydrogen-bond donors (Lipinski definition) is 1. The average molecular weight is 288 g/mol. The van der Waals surface area contributed by atoms with Crippen molar-refractivity contribution in [3.8, 4) is 0 Å². The molecule has 0 bridgehead atoms. The summed E-state index contributed by atoms with van der Waals surface area (Å²) in [6.07, 6.45) is 4.84. The van der Waals surface area contributed by atoms with Gasteiger partial charge in [0.1, 0.15) is 0 Å². The Morgan fingerprint density at radius 3 is 2.29 bits per heavy atom. The van der Waals surface area contributed by atoms with Crippen LogP contribution in [0.5, 0.6) is 0 Å². The van der Waals surface area contributed by atoms with E-state index in [0.29, 0.717) is 0 Å². The molecule has 1 aliphatic carbocycles. The first kappa shape index (κ1) is 16.0. The summed E-state index contributed by atoms with van der Waals surface area (Å²) in [5.74, 6) is 0.228. The molecule has 1 aromatic rings. The predicted molar refractivity (Wildman–Crippen MR) is 87.2 cm³/mol. The molecule has 1 aliphatic rings. The molecule has 0 atom stereocenters. The summed E-state index contributed by atoms with van der Waals surface area (Å²) in [7, 11) is 0. The molecule has 116 valence electrons. The van der Waals surface area contributed by atoms with Crippen LogP contribution in [0.2, 0.25) is 0 Å². The zero-order valence-corrected chi connectivity index (χ0v) is 14.2. The second-order valence-electron chi connectivity index (χ2n) is 8.23. The van der Waals surface area contributed by atoms with Crippen molar-refractivity contribution in [2.75, 3.05) is 5.32 Å². The molecule has 0 spiro atoms. The third kappa shape index (κ3) is 4.05. The van der Waals surface area contributed by atoms with Crippen LogP contribution < -0.4 is 5.32 Å². The van der Waals surface area contributed by atoms with Crippen molar-refractivity contribution in [3.63, 3.8) is 0 Å². The summed E-state index contributed by atoms with van der Waals surface area (Å²) in [6.45, 7) is 13.1. The van der Waals surface area contributed by atoms with Gasteiger partial charge in [-0.1, -0.05) is 27.7 Å². The molecule has 0 aromatic carbocycles. The topological polar surface area (TPSA) is 42.0 Å². The molecule has 0 radical (unpaired) electrons. The molecule has 2 rings (SSSR count). The number of anilines is 1. The molecule has 0 saturated heterocycles. The van der Waals surface area contributed by atoms with Crippen LogP contribution >= 0.6 is 0 Å².